The van der Waals surface area contributed by atoms with E-state index in [1.54, 1.807) is 43.4 Å². The van der Waals surface area contributed by atoms with Gasteiger partial charge in [-0.3, -0.25) is 4.72 Å². The van der Waals surface area contributed by atoms with Crippen LogP contribution in [0.25, 0.3) is 0 Å². The zero-order chi connectivity index (χ0) is 21.7. The lowest BCUT2D eigenvalue weighted by Gasteiger charge is -2.22. The normalized spacial score (nSPS) is 11.1. The number of benzene rings is 3. The van der Waals surface area contributed by atoms with Crippen molar-refractivity contribution in [3.63, 3.8) is 0 Å². The lowest BCUT2D eigenvalue weighted by atomic mass is 10.1. The van der Waals surface area contributed by atoms with Crippen molar-refractivity contribution in [3.8, 4) is 0 Å². The highest BCUT2D eigenvalue weighted by Gasteiger charge is 2.18. The maximum Gasteiger partial charge on any atom is 0.337 e. The molecule has 30 heavy (non-hydrogen) atoms. The van der Waals surface area contributed by atoms with E-state index < -0.39 is 16.0 Å². The molecule has 3 rings (SSSR count). The Morgan fingerprint density at radius 2 is 1.63 bits per heavy atom. The van der Waals surface area contributed by atoms with Crippen LogP contribution >= 0.6 is 0 Å². The SMILES string of the molecule is CCc1ccc(S(=O)(=O)Nc2ccc(N(C)Cc3ccccc3)c(C(=O)O)c2)cc1. The van der Waals surface area contributed by atoms with Crippen LogP contribution in [0.1, 0.15) is 28.4 Å². The Bertz CT molecular complexity index is 1130. The average Bonchev–Trinajstić information content (AvgIpc) is 2.74. The van der Waals surface area contributed by atoms with Crippen LogP contribution in [-0.2, 0) is 23.0 Å². The van der Waals surface area contributed by atoms with E-state index in [0.29, 0.717) is 12.2 Å². The molecule has 0 aliphatic heterocycles. The fourth-order valence-corrected chi connectivity index (χ4v) is 4.21. The third-order valence-corrected chi connectivity index (χ3v) is 6.19. The molecular formula is C23H24N2O4S. The number of aryl methyl sites for hydroxylation is 1. The Labute approximate surface area is 176 Å². The van der Waals surface area contributed by atoms with Gasteiger partial charge in [0.1, 0.15) is 0 Å². The summed E-state index contributed by atoms with van der Waals surface area (Å²) >= 11 is 0. The third kappa shape index (κ3) is 4.99. The fourth-order valence-electron chi connectivity index (χ4n) is 3.16. The number of carbonyl (C=O) groups is 1. The van der Waals surface area contributed by atoms with Gasteiger partial charge in [0.2, 0.25) is 0 Å². The summed E-state index contributed by atoms with van der Waals surface area (Å²) < 4.78 is 27.8. The van der Waals surface area contributed by atoms with Crippen LogP contribution < -0.4 is 9.62 Å². The first kappa shape index (κ1) is 21.4. The molecule has 3 aromatic rings. The molecule has 0 bridgehead atoms. The summed E-state index contributed by atoms with van der Waals surface area (Å²) in [6, 6.07) is 20.8. The smallest absolute Gasteiger partial charge is 0.337 e. The van der Waals surface area contributed by atoms with Gasteiger partial charge in [0.05, 0.1) is 16.1 Å². The van der Waals surface area contributed by atoms with Gasteiger partial charge in [-0.2, -0.15) is 0 Å². The molecule has 156 valence electrons. The molecule has 0 aromatic heterocycles. The molecule has 0 aliphatic carbocycles. The lowest BCUT2D eigenvalue weighted by molar-refractivity contribution is 0.0697. The van der Waals surface area contributed by atoms with Gasteiger partial charge in [0.15, 0.2) is 0 Å². The van der Waals surface area contributed by atoms with E-state index in [1.165, 1.54) is 6.07 Å². The minimum atomic E-state index is -3.82. The molecule has 0 spiro atoms. The van der Waals surface area contributed by atoms with Crippen molar-refractivity contribution >= 4 is 27.4 Å². The molecule has 6 nitrogen and oxygen atoms in total. The summed E-state index contributed by atoms with van der Waals surface area (Å²) in [5, 5.41) is 9.67. The van der Waals surface area contributed by atoms with E-state index in [4.69, 9.17) is 0 Å². The van der Waals surface area contributed by atoms with E-state index >= 15 is 0 Å². The molecule has 0 saturated carbocycles. The second-order valence-corrected chi connectivity index (χ2v) is 8.66. The number of carboxylic acid groups (broad SMARTS) is 1. The first-order valence-corrected chi connectivity index (χ1v) is 11.0. The molecule has 0 aliphatic rings. The number of rotatable bonds is 8. The molecule has 3 aromatic carbocycles. The Balaban J connectivity index is 1.86. The van der Waals surface area contributed by atoms with E-state index in [-0.39, 0.29) is 16.1 Å². The summed E-state index contributed by atoms with van der Waals surface area (Å²) in [6.07, 6.45) is 0.813. The highest BCUT2D eigenvalue weighted by molar-refractivity contribution is 7.92. The Morgan fingerprint density at radius 3 is 2.23 bits per heavy atom. The highest BCUT2D eigenvalue weighted by Crippen LogP contribution is 2.26. The van der Waals surface area contributed by atoms with Gasteiger partial charge in [-0.15, -0.1) is 0 Å². The first-order valence-electron chi connectivity index (χ1n) is 9.54. The van der Waals surface area contributed by atoms with Crippen molar-refractivity contribution in [3.05, 3.63) is 89.5 Å². The molecule has 0 fully saturated rings. The van der Waals surface area contributed by atoms with Crippen molar-refractivity contribution in [2.45, 2.75) is 24.8 Å². The summed E-state index contributed by atoms with van der Waals surface area (Å²) in [7, 11) is -2.02. The number of aromatic carboxylic acids is 1. The van der Waals surface area contributed by atoms with Crippen molar-refractivity contribution < 1.29 is 18.3 Å². The quantitative estimate of drug-likeness (QED) is 0.560. The molecule has 0 radical (unpaired) electrons. The molecule has 0 heterocycles. The topological polar surface area (TPSA) is 86.7 Å². The van der Waals surface area contributed by atoms with E-state index in [2.05, 4.69) is 4.72 Å². The van der Waals surface area contributed by atoms with Crippen LogP contribution in [0.15, 0.2) is 77.7 Å². The minimum absolute atomic E-state index is 0.0231. The molecule has 0 atom stereocenters. The molecular weight excluding hydrogens is 400 g/mol. The Kier molecular flexibility index (Phi) is 6.42. The van der Waals surface area contributed by atoms with Crippen molar-refractivity contribution in [2.75, 3.05) is 16.7 Å². The number of nitrogens with zero attached hydrogens (tertiary/aromatic N) is 1. The van der Waals surface area contributed by atoms with Crippen molar-refractivity contribution in [1.82, 2.24) is 0 Å². The number of nitrogens with one attached hydrogen (secondary N) is 1. The third-order valence-electron chi connectivity index (χ3n) is 4.79. The zero-order valence-electron chi connectivity index (χ0n) is 16.9. The Hall–Kier alpha value is -3.32. The summed E-state index contributed by atoms with van der Waals surface area (Å²) in [6.45, 7) is 2.52. The van der Waals surface area contributed by atoms with E-state index in [9.17, 15) is 18.3 Å². The second-order valence-electron chi connectivity index (χ2n) is 6.98. The van der Waals surface area contributed by atoms with E-state index in [0.717, 1.165) is 17.5 Å². The van der Waals surface area contributed by atoms with Crippen LogP contribution in [0.5, 0.6) is 0 Å². The average molecular weight is 425 g/mol. The van der Waals surface area contributed by atoms with Crippen LogP contribution in [0.3, 0.4) is 0 Å². The molecule has 0 saturated heterocycles. The summed E-state index contributed by atoms with van der Waals surface area (Å²) in [5.74, 6) is -1.13. The van der Waals surface area contributed by atoms with Gasteiger partial charge in [0, 0.05) is 19.3 Å². The maximum atomic E-state index is 12.7. The van der Waals surface area contributed by atoms with Gasteiger partial charge < -0.3 is 10.0 Å². The van der Waals surface area contributed by atoms with E-state index in [1.807, 2.05) is 42.2 Å². The monoisotopic (exact) mass is 424 g/mol. The van der Waals surface area contributed by atoms with Gasteiger partial charge >= 0.3 is 5.97 Å². The lowest BCUT2D eigenvalue weighted by Crippen LogP contribution is -2.20. The minimum Gasteiger partial charge on any atom is -0.478 e. The molecule has 0 unspecified atom stereocenters. The van der Waals surface area contributed by atoms with Gasteiger partial charge in [0.25, 0.3) is 10.0 Å². The maximum absolute atomic E-state index is 12.7. The first-order chi connectivity index (χ1) is 14.3. The van der Waals surface area contributed by atoms with Gasteiger partial charge in [-0.25, -0.2) is 13.2 Å². The van der Waals surface area contributed by atoms with Crippen LogP contribution in [-0.4, -0.2) is 26.5 Å². The van der Waals surface area contributed by atoms with Crippen molar-refractivity contribution in [1.29, 1.82) is 0 Å². The molecule has 0 amide bonds. The highest BCUT2D eigenvalue weighted by atomic mass is 32.2. The number of hydrogen-bond donors (Lipinski definition) is 2. The van der Waals surface area contributed by atoms with Crippen LogP contribution in [0, 0.1) is 0 Å². The largest absolute Gasteiger partial charge is 0.478 e. The van der Waals surface area contributed by atoms with Crippen LogP contribution in [0.2, 0.25) is 0 Å². The van der Waals surface area contributed by atoms with Gasteiger partial charge in [-0.1, -0.05) is 49.4 Å². The molecule has 7 heteroatoms. The second kappa shape index (κ2) is 9.00. The number of carboxylic acids is 1. The zero-order valence-corrected chi connectivity index (χ0v) is 17.7. The number of anilines is 2. The van der Waals surface area contributed by atoms with Gasteiger partial charge in [-0.05, 0) is 47.9 Å². The summed E-state index contributed by atoms with van der Waals surface area (Å²) in [5.41, 5.74) is 2.80. The standard InChI is InChI=1S/C23H24N2O4S/c1-3-17-9-12-20(13-10-17)30(28,29)24-19-11-14-22(21(15-19)23(26)27)25(2)16-18-7-5-4-6-8-18/h4-15,24H,3,16H2,1-2H3,(H,26,27). The Morgan fingerprint density at radius 1 is 0.967 bits per heavy atom. The number of hydrogen-bond acceptors (Lipinski definition) is 4. The predicted octanol–water partition coefficient (Wildman–Crippen LogP) is 4.38. The summed E-state index contributed by atoms with van der Waals surface area (Å²) in [4.78, 5) is 13.8. The predicted molar refractivity (Wildman–Crippen MR) is 119 cm³/mol. The molecule has 2 N–H and O–H groups in total. The van der Waals surface area contributed by atoms with Crippen molar-refractivity contribution in [2.24, 2.45) is 0 Å². The fraction of sp³-hybridized carbons (Fsp3) is 0.174. The van der Waals surface area contributed by atoms with Crippen LogP contribution in [0.4, 0.5) is 11.4 Å². The number of sulfonamides is 1.